The fourth-order valence-electron chi connectivity index (χ4n) is 4.81. The second-order valence-electron chi connectivity index (χ2n) is 7.94. The molecule has 138 valence electrons. The Hall–Kier alpha value is -2.62. The van der Waals surface area contributed by atoms with Crippen molar-refractivity contribution in [2.24, 2.45) is 13.0 Å². The van der Waals surface area contributed by atoms with Crippen LogP contribution in [0, 0.1) is 12.8 Å². The molecule has 0 bridgehead atoms. The maximum atomic E-state index is 5.84. The van der Waals surface area contributed by atoms with E-state index in [9.17, 15) is 0 Å². The van der Waals surface area contributed by atoms with Crippen LogP contribution in [0.1, 0.15) is 37.7 Å². The molecule has 0 atom stereocenters. The molecule has 2 heterocycles. The monoisotopic (exact) mass is 360 g/mol. The van der Waals surface area contributed by atoms with Crippen molar-refractivity contribution < 1.29 is 8.98 Å². The van der Waals surface area contributed by atoms with E-state index in [1.54, 1.807) is 6.39 Å². The highest BCUT2D eigenvalue weighted by molar-refractivity contribution is 5.91. The SMILES string of the molecule is Cc1ccc2ncoc2c1-c1n(CC2CCCCC2)c2ccccc2[n+]1C. The van der Waals surface area contributed by atoms with Gasteiger partial charge in [-0.2, -0.15) is 0 Å². The predicted octanol–water partition coefficient (Wildman–Crippen LogP) is 5.16. The molecule has 4 nitrogen and oxygen atoms in total. The molecule has 2 aromatic carbocycles. The van der Waals surface area contributed by atoms with Crippen molar-refractivity contribution in [3.8, 4) is 11.4 Å². The van der Waals surface area contributed by atoms with Crippen molar-refractivity contribution in [1.29, 1.82) is 0 Å². The van der Waals surface area contributed by atoms with E-state index in [-0.39, 0.29) is 0 Å². The molecule has 1 aliphatic rings. The number of oxazole rings is 1. The summed E-state index contributed by atoms with van der Waals surface area (Å²) >= 11 is 0. The number of para-hydroxylation sites is 2. The zero-order chi connectivity index (χ0) is 18.4. The smallest absolute Gasteiger partial charge is 0.293 e. The van der Waals surface area contributed by atoms with Gasteiger partial charge >= 0.3 is 0 Å². The van der Waals surface area contributed by atoms with E-state index >= 15 is 0 Å². The molecule has 0 N–H and O–H groups in total. The van der Waals surface area contributed by atoms with Gasteiger partial charge in [0.1, 0.15) is 11.1 Å². The molecule has 4 heteroatoms. The zero-order valence-corrected chi connectivity index (χ0v) is 16.1. The van der Waals surface area contributed by atoms with Crippen molar-refractivity contribution in [3.63, 3.8) is 0 Å². The van der Waals surface area contributed by atoms with Crippen LogP contribution in [-0.2, 0) is 13.6 Å². The zero-order valence-electron chi connectivity index (χ0n) is 16.1. The Morgan fingerprint density at radius 1 is 1.11 bits per heavy atom. The Kier molecular flexibility index (Phi) is 4.00. The molecule has 0 radical (unpaired) electrons. The normalized spacial score (nSPS) is 15.8. The van der Waals surface area contributed by atoms with Crippen LogP contribution in [0.3, 0.4) is 0 Å². The van der Waals surface area contributed by atoms with Gasteiger partial charge in [-0.05, 0) is 49.4 Å². The van der Waals surface area contributed by atoms with Crippen LogP contribution in [0.25, 0.3) is 33.5 Å². The minimum absolute atomic E-state index is 0.752. The molecule has 0 unspecified atom stereocenters. The number of aromatic nitrogens is 3. The van der Waals surface area contributed by atoms with Gasteiger partial charge in [-0.3, -0.25) is 0 Å². The van der Waals surface area contributed by atoms with Gasteiger partial charge in [0.15, 0.2) is 23.0 Å². The van der Waals surface area contributed by atoms with Crippen molar-refractivity contribution in [2.75, 3.05) is 0 Å². The molecule has 0 saturated heterocycles. The van der Waals surface area contributed by atoms with Crippen molar-refractivity contribution in [2.45, 2.75) is 45.6 Å². The summed E-state index contributed by atoms with van der Waals surface area (Å²) in [6, 6.07) is 12.9. The minimum Gasteiger partial charge on any atom is -0.443 e. The van der Waals surface area contributed by atoms with Crippen LogP contribution in [0.2, 0.25) is 0 Å². The number of hydrogen-bond acceptors (Lipinski definition) is 2. The molecule has 5 rings (SSSR count). The summed E-state index contributed by atoms with van der Waals surface area (Å²) in [5, 5.41) is 0. The molecule has 1 saturated carbocycles. The summed E-state index contributed by atoms with van der Waals surface area (Å²) < 4.78 is 10.7. The van der Waals surface area contributed by atoms with E-state index in [2.05, 4.69) is 58.4 Å². The van der Waals surface area contributed by atoms with Crippen LogP contribution >= 0.6 is 0 Å². The number of benzene rings is 2. The molecule has 2 aromatic heterocycles. The first-order valence-electron chi connectivity index (χ1n) is 10.0. The second kappa shape index (κ2) is 6.52. The number of fused-ring (bicyclic) bond motifs is 2. The van der Waals surface area contributed by atoms with Crippen LogP contribution in [0.4, 0.5) is 0 Å². The lowest BCUT2D eigenvalue weighted by molar-refractivity contribution is -0.634. The largest absolute Gasteiger partial charge is 0.443 e. The van der Waals surface area contributed by atoms with Crippen LogP contribution < -0.4 is 4.57 Å². The van der Waals surface area contributed by atoms with Gasteiger partial charge in [0.25, 0.3) is 5.82 Å². The van der Waals surface area contributed by atoms with Crippen molar-refractivity contribution in [1.82, 2.24) is 9.55 Å². The Morgan fingerprint density at radius 2 is 1.93 bits per heavy atom. The molecule has 0 spiro atoms. The Labute approximate surface area is 159 Å². The number of aryl methyl sites for hydroxylation is 2. The minimum atomic E-state index is 0.752. The third-order valence-electron chi connectivity index (χ3n) is 6.20. The van der Waals surface area contributed by atoms with Crippen LogP contribution in [-0.4, -0.2) is 9.55 Å². The fourth-order valence-corrected chi connectivity index (χ4v) is 4.81. The summed E-state index contributed by atoms with van der Waals surface area (Å²) in [4.78, 5) is 4.39. The van der Waals surface area contributed by atoms with Gasteiger partial charge in [-0.25, -0.2) is 14.1 Å². The Balaban J connectivity index is 1.78. The highest BCUT2D eigenvalue weighted by Gasteiger charge is 2.30. The van der Waals surface area contributed by atoms with E-state index in [4.69, 9.17) is 4.42 Å². The highest BCUT2D eigenvalue weighted by atomic mass is 16.3. The third kappa shape index (κ3) is 2.66. The van der Waals surface area contributed by atoms with Crippen LogP contribution in [0.15, 0.2) is 47.2 Å². The lowest BCUT2D eigenvalue weighted by Gasteiger charge is -2.20. The number of rotatable bonds is 3. The molecule has 1 aliphatic carbocycles. The fraction of sp³-hybridized carbons (Fsp3) is 0.391. The summed E-state index contributed by atoms with van der Waals surface area (Å²) in [5.74, 6) is 1.98. The molecular weight excluding hydrogens is 334 g/mol. The average Bonchev–Trinajstić information content (AvgIpc) is 3.27. The van der Waals surface area contributed by atoms with Gasteiger partial charge in [0, 0.05) is 0 Å². The molecule has 4 aromatic rings. The lowest BCUT2D eigenvalue weighted by atomic mass is 9.89. The van der Waals surface area contributed by atoms with Gasteiger partial charge < -0.3 is 4.42 Å². The summed E-state index contributed by atoms with van der Waals surface area (Å²) in [7, 11) is 2.17. The maximum Gasteiger partial charge on any atom is 0.293 e. The van der Waals surface area contributed by atoms with E-state index in [0.29, 0.717) is 0 Å². The first kappa shape index (κ1) is 16.5. The van der Waals surface area contributed by atoms with Crippen LogP contribution in [0.5, 0.6) is 0 Å². The summed E-state index contributed by atoms with van der Waals surface area (Å²) in [5.41, 5.74) is 6.76. The topological polar surface area (TPSA) is 34.8 Å². The number of imidazole rings is 1. The Morgan fingerprint density at radius 3 is 2.78 bits per heavy atom. The Bertz CT molecular complexity index is 1120. The molecule has 0 aliphatic heterocycles. The maximum absolute atomic E-state index is 5.84. The molecular formula is C23H26N3O+. The lowest BCUT2D eigenvalue weighted by Crippen LogP contribution is -2.31. The molecule has 1 fully saturated rings. The molecule has 0 amide bonds. The number of nitrogens with zero attached hydrogens (tertiary/aromatic N) is 3. The first-order chi connectivity index (χ1) is 13.2. The van der Waals surface area contributed by atoms with Gasteiger partial charge in [0.2, 0.25) is 0 Å². The standard InChI is InChI=1S/C23H26N3O/c1-16-12-13-18-22(27-15-24-18)21(16)23-25(2)19-10-6-7-11-20(19)26(23)14-17-8-4-3-5-9-17/h6-7,10-13,15,17H,3-5,8-9,14H2,1-2H3/q+1. The highest BCUT2D eigenvalue weighted by Crippen LogP contribution is 2.34. The second-order valence-corrected chi connectivity index (χ2v) is 7.94. The van der Waals surface area contributed by atoms with Gasteiger partial charge in [0.05, 0.1) is 13.6 Å². The number of hydrogen-bond donors (Lipinski definition) is 0. The third-order valence-corrected chi connectivity index (χ3v) is 6.20. The van der Waals surface area contributed by atoms with E-state index in [0.717, 1.165) is 23.6 Å². The van der Waals surface area contributed by atoms with Crippen molar-refractivity contribution in [3.05, 3.63) is 48.4 Å². The first-order valence-corrected chi connectivity index (χ1v) is 10.0. The predicted molar refractivity (Wildman–Crippen MR) is 107 cm³/mol. The van der Waals surface area contributed by atoms with E-state index < -0.39 is 0 Å². The van der Waals surface area contributed by atoms with Gasteiger partial charge in [-0.1, -0.05) is 37.5 Å². The quantitative estimate of drug-likeness (QED) is 0.473. The van der Waals surface area contributed by atoms with E-state index in [1.165, 1.54) is 60.1 Å². The summed E-state index contributed by atoms with van der Waals surface area (Å²) in [6.45, 7) is 3.24. The average molecular weight is 360 g/mol. The van der Waals surface area contributed by atoms with Crippen molar-refractivity contribution >= 4 is 22.1 Å². The molecule has 27 heavy (non-hydrogen) atoms. The van der Waals surface area contributed by atoms with E-state index in [1.807, 2.05) is 6.07 Å². The summed E-state index contributed by atoms with van der Waals surface area (Å²) in [6.07, 6.45) is 8.34. The van der Waals surface area contributed by atoms with Gasteiger partial charge in [-0.15, -0.1) is 0 Å².